The number of hydrogen-bond acceptors (Lipinski definition) is 6. The number of carbonyl (C=O) groups excluding carboxylic acids is 2. The van der Waals surface area contributed by atoms with Crippen LogP contribution in [0.1, 0.15) is 84.4 Å². The zero-order valence-corrected chi connectivity index (χ0v) is 25.8. The van der Waals surface area contributed by atoms with Crippen molar-refractivity contribution in [2.75, 3.05) is 13.2 Å². The Hall–Kier alpha value is -3.45. The maximum absolute atomic E-state index is 14.0. The smallest absolute Gasteiger partial charge is 0.419 e. The molecule has 2 aromatic carbocycles. The molecule has 1 atom stereocenters. The molecule has 2 aromatic rings. The van der Waals surface area contributed by atoms with E-state index in [0.29, 0.717) is 31.2 Å². The predicted octanol–water partition coefficient (Wildman–Crippen LogP) is 8.38. The number of nitrogens with zero attached hydrogens (tertiary/aromatic N) is 1. The summed E-state index contributed by atoms with van der Waals surface area (Å²) >= 11 is 0.653. The van der Waals surface area contributed by atoms with E-state index in [-0.39, 0.29) is 28.2 Å². The first kappa shape index (κ1) is 32.5. The van der Waals surface area contributed by atoms with Crippen molar-refractivity contribution in [2.45, 2.75) is 85.2 Å². The van der Waals surface area contributed by atoms with Gasteiger partial charge in [-0.2, -0.15) is 18.4 Å². The van der Waals surface area contributed by atoms with Gasteiger partial charge in [0, 0.05) is 11.8 Å². The van der Waals surface area contributed by atoms with Gasteiger partial charge >= 0.3 is 6.18 Å². The van der Waals surface area contributed by atoms with Gasteiger partial charge in [0.1, 0.15) is 11.5 Å². The normalized spacial score (nSPS) is 19.3. The van der Waals surface area contributed by atoms with E-state index >= 15 is 0 Å². The largest absolute Gasteiger partial charge is 0.493 e. The lowest BCUT2D eigenvalue weighted by Crippen LogP contribution is -2.33. The van der Waals surface area contributed by atoms with Crippen LogP contribution in [-0.4, -0.2) is 24.4 Å². The van der Waals surface area contributed by atoms with Crippen molar-refractivity contribution in [1.29, 1.82) is 5.26 Å². The SMILES string of the molecule is Cc1c(C)c(OCCCCCCC#N)c(C)c2c1CC(C)(COc1ccc(C=C3SC(=O)NC3=O)cc1C(F)(F)F)CC2. The van der Waals surface area contributed by atoms with E-state index in [9.17, 15) is 22.8 Å². The summed E-state index contributed by atoms with van der Waals surface area (Å²) in [4.78, 5) is 23.3. The minimum atomic E-state index is -4.66. The van der Waals surface area contributed by atoms with Gasteiger partial charge in [0.15, 0.2) is 0 Å². The van der Waals surface area contributed by atoms with Crippen molar-refractivity contribution in [3.63, 3.8) is 0 Å². The highest BCUT2D eigenvalue weighted by Crippen LogP contribution is 2.44. The van der Waals surface area contributed by atoms with Crippen LogP contribution < -0.4 is 14.8 Å². The molecule has 2 amide bonds. The van der Waals surface area contributed by atoms with Crippen LogP contribution in [-0.2, 0) is 23.8 Å². The maximum Gasteiger partial charge on any atom is 0.419 e. The van der Waals surface area contributed by atoms with Crippen LogP contribution in [0.3, 0.4) is 0 Å². The summed E-state index contributed by atoms with van der Waals surface area (Å²) in [5.74, 6) is 0.0367. The third-order valence-corrected chi connectivity index (χ3v) is 9.16. The number of amides is 2. The molecule has 230 valence electrons. The van der Waals surface area contributed by atoms with Gasteiger partial charge in [-0.05, 0) is 116 Å². The highest BCUT2D eigenvalue weighted by atomic mass is 32.2. The first-order valence-corrected chi connectivity index (χ1v) is 15.3. The minimum absolute atomic E-state index is 0.0432. The topological polar surface area (TPSA) is 88.4 Å². The van der Waals surface area contributed by atoms with Crippen LogP contribution in [0.2, 0.25) is 0 Å². The Labute approximate surface area is 255 Å². The van der Waals surface area contributed by atoms with Crippen molar-refractivity contribution < 1.29 is 32.2 Å². The van der Waals surface area contributed by atoms with E-state index in [1.54, 1.807) is 0 Å². The molecule has 1 aliphatic carbocycles. The molecule has 10 heteroatoms. The van der Waals surface area contributed by atoms with Crippen LogP contribution in [0.25, 0.3) is 6.08 Å². The molecule has 6 nitrogen and oxygen atoms in total. The number of carbonyl (C=O) groups is 2. The van der Waals surface area contributed by atoms with Gasteiger partial charge in [0.25, 0.3) is 11.1 Å². The Kier molecular flexibility index (Phi) is 10.2. The first-order valence-electron chi connectivity index (χ1n) is 14.5. The van der Waals surface area contributed by atoms with Crippen molar-refractivity contribution in [3.05, 3.63) is 62.0 Å². The van der Waals surface area contributed by atoms with Gasteiger partial charge in [-0.1, -0.05) is 25.8 Å². The molecule has 0 bridgehead atoms. The Morgan fingerprint density at radius 2 is 1.79 bits per heavy atom. The van der Waals surface area contributed by atoms with Gasteiger partial charge in [0.2, 0.25) is 0 Å². The number of ether oxygens (including phenoxy) is 2. The van der Waals surface area contributed by atoms with Gasteiger partial charge in [-0.25, -0.2) is 0 Å². The van der Waals surface area contributed by atoms with Crippen LogP contribution in [0.5, 0.6) is 11.5 Å². The number of hydrogen-bond donors (Lipinski definition) is 1. The fraction of sp³-hybridized carbons (Fsp3) is 0.485. The van der Waals surface area contributed by atoms with E-state index in [0.717, 1.165) is 67.0 Å². The zero-order valence-electron chi connectivity index (χ0n) is 25.0. The summed E-state index contributed by atoms with van der Waals surface area (Å²) in [5, 5.41) is 10.2. The van der Waals surface area contributed by atoms with Crippen molar-refractivity contribution in [2.24, 2.45) is 5.41 Å². The fourth-order valence-electron chi connectivity index (χ4n) is 5.77. The lowest BCUT2D eigenvalue weighted by Gasteiger charge is -2.37. The van der Waals surface area contributed by atoms with Gasteiger partial charge < -0.3 is 9.47 Å². The molecule has 0 saturated carbocycles. The van der Waals surface area contributed by atoms with E-state index < -0.39 is 22.9 Å². The predicted molar refractivity (Wildman–Crippen MR) is 161 cm³/mol. The Balaban J connectivity index is 1.47. The monoisotopic (exact) mass is 614 g/mol. The Morgan fingerprint density at radius 3 is 2.47 bits per heavy atom. The second-order valence-electron chi connectivity index (χ2n) is 11.7. The van der Waals surface area contributed by atoms with Crippen LogP contribution in [0, 0.1) is 37.5 Å². The molecule has 4 rings (SSSR count). The van der Waals surface area contributed by atoms with Crippen LogP contribution in [0.15, 0.2) is 23.1 Å². The average Bonchev–Trinajstić information content (AvgIpc) is 3.27. The summed E-state index contributed by atoms with van der Waals surface area (Å²) in [6.07, 6.45) is 3.31. The molecule has 0 spiro atoms. The molecule has 1 heterocycles. The third-order valence-electron chi connectivity index (χ3n) is 8.35. The van der Waals surface area contributed by atoms with E-state index in [1.807, 2.05) is 0 Å². The summed E-state index contributed by atoms with van der Waals surface area (Å²) in [5.41, 5.74) is 4.70. The lowest BCUT2D eigenvalue weighted by atomic mass is 9.70. The number of alkyl halides is 3. The number of nitriles is 1. The Bertz CT molecular complexity index is 1480. The van der Waals surface area contributed by atoms with Crippen molar-refractivity contribution in [1.82, 2.24) is 5.32 Å². The number of benzene rings is 2. The number of nitrogens with one attached hydrogen (secondary N) is 1. The highest BCUT2D eigenvalue weighted by molar-refractivity contribution is 8.18. The zero-order chi connectivity index (χ0) is 31.4. The molecule has 1 fully saturated rings. The van der Waals surface area contributed by atoms with Crippen LogP contribution in [0.4, 0.5) is 18.0 Å². The van der Waals surface area contributed by atoms with Crippen molar-refractivity contribution >= 4 is 29.0 Å². The molecular formula is C33H37F3N2O4S. The molecule has 43 heavy (non-hydrogen) atoms. The van der Waals surface area contributed by atoms with Gasteiger partial charge in [-0.15, -0.1) is 0 Å². The Morgan fingerprint density at radius 1 is 1.05 bits per heavy atom. The number of fused-ring (bicyclic) bond motifs is 1. The highest BCUT2D eigenvalue weighted by Gasteiger charge is 2.37. The summed E-state index contributed by atoms with van der Waals surface area (Å²) in [6.45, 7) is 9.02. The fourth-order valence-corrected chi connectivity index (χ4v) is 6.45. The maximum atomic E-state index is 14.0. The van der Waals surface area contributed by atoms with Crippen LogP contribution >= 0.6 is 11.8 Å². The van der Waals surface area contributed by atoms with E-state index in [2.05, 4.69) is 39.1 Å². The molecule has 2 aliphatic rings. The molecular weight excluding hydrogens is 577 g/mol. The summed E-state index contributed by atoms with van der Waals surface area (Å²) in [6, 6.07) is 5.86. The molecule has 1 saturated heterocycles. The average molecular weight is 615 g/mol. The number of halogens is 3. The molecule has 1 N–H and O–H groups in total. The number of rotatable bonds is 11. The number of thioether (sulfide) groups is 1. The molecule has 0 radical (unpaired) electrons. The second-order valence-corrected chi connectivity index (χ2v) is 12.7. The first-order chi connectivity index (χ1) is 20.3. The van der Waals surface area contributed by atoms with Crippen molar-refractivity contribution in [3.8, 4) is 17.6 Å². The number of imide groups is 1. The minimum Gasteiger partial charge on any atom is -0.493 e. The van der Waals surface area contributed by atoms with E-state index in [4.69, 9.17) is 14.7 Å². The summed E-state index contributed by atoms with van der Waals surface area (Å²) < 4.78 is 54.2. The number of unbranched alkanes of at least 4 members (excludes halogenated alkanes) is 4. The third kappa shape index (κ3) is 7.74. The second kappa shape index (κ2) is 13.5. The molecule has 0 aromatic heterocycles. The lowest BCUT2D eigenvalue weighted by molar-refractivity contribution is -0.139. The van der Waals surface area contributed by atoms with Gasteiger partial charge in [0.05, 0.1) is 29.8 Å². The summed E-state index contributed by atoms with van der Waals surface area (Å²) in [7, 11) is 0. The standard InChI is InChI=1S/C33H37F3N2O4S/c1-20-21(2)29(41-15-9-7-5-6-8-14-37)22(3)24-12-13-32(4,18-25(20)24)19-42-27-11-10-23(16-26(27)33(34,35)36)17-28-30(39)38-31(40)43-28/h10-11,16-17H,5-9,12-13,15,18-19H2,1-4H3,(H,38,39,40). The van der Waals surface area contributed by atoms with E-state index in [1.165, 1.54) is 29.3 Å². The molecule has 1 aliphatic heterocycles. The van der Waals surface area contributed by atoms with Gasteiger partial charge in [-0.3, -0.25) is 14.9 Å². The molecule has 1 unspecified atom stereocenters. The quantitative estimate of drug-likeness (QED) is 0.202.